The first kappa shape index (κ1) is 21.0. The Balaban J connectivity index is 1.62. The van der Waals surface area contributed by atoms with Crippen molar-refractivity contribution < 1.29 is 14.0 Å². The van der Waals surface area contributed by atoms with Gasteiger partial charge in [-0.3, -0.25) is 19.2 Å². The number of benzene rings is 1. The van der Waals surface area contributed by atoms with Crippen molar-refractivity contribution in [3.05, 3.63) is 42.0 Å². The van der Waals surface area contributed by atoms with Crippen molar-refractivity contribution in [1.82, 2.24) is 14.7 Å². The van der Waals surface area contributed by atoms with E-state index in [0.717, 1.165) is 25.8 Å². The van der Waals surface area contributed by atoms with Crippen LogP contribution in [0.3, 0.4) is 0 Å². The lowest BCUT2D eigenvalue weighted by Crippen LogP contribution is -2.42. The van der Waals surface area contributed by atoms with Gasteiger partial charge in [0, 0.05) is 24.5 Å². The Morgan fingerprint density at radius 3 is 2.86 bits per heavy atom. The van der Waals surface area contributed by atoms with Crippen molar-refractivity contribution >= 4 is 23.2 Å². The summed E-state index contributed by atoms with van der Waals surface area (Å²) in [6, 6.07) is 4.53. The predicted octanol–water partition coefficient (Wildman–Crippen LogP) is 3.50. The zero-order valence-electron chi connectivity index (χ0n) is 16.9. The molecular formula is C21H28FN5O2. The van der Waals surface area contributed by atoms with Gasteiger partial charge in [0.25, 0.3) is 5.91 Å². The Bertz CT molecular complexity index is 867. The monoisotopic (exact) mass is 401 g/mol. The molecule has 2 aromatic rings. The molecule has 1 saturated heterocycles. The van der Waals surface area contributed by atoms with E-state index in [9.17, 15) is 14.0 Å². The van der Waals surface area contributed by atoms with Gasteiger partial charge in [0.2, 0.25) is 5.91 Å². The molecule has 8 heteroatoms. The van der Waals surface area contributed by atoms with Crippen LogP contribution in [0, 0.1) is 5.82 Å². The van der Waals surface area contributed by atoms with Gasteiger partial charge in [0.05, 0.1) is 24.0 Å². The molecule has 1 aromatic heterocycles. The average Bonchev–Trinajstić information content (AvgIpc) is 3.15. The molecule has 2 heterocycles. The van der Waals surface area contributed by atoms with Crippen LogP contribution in [-0.2, 0) is 11.3 Å². The molecule has 0 spiro atoms. The molecule has 1 aliphatic rings. The van der Waals surface area contributed by atoms with E-state index in [-0.39, 0.29) is 11.6 Å². The van der Waals surface area contributed by atoms with Gasteiger partial charge >= 0.3 is 0 Å². The number of carbonyl (C=O) groups is 2. The molecule has 2 amide bonds. The van der Waals surface area contributed by atoms with Crippen LogP contribution in [0.15, 0.2) is 30.6 Å². The molecule has 7 nitrogen and oxygen atoms in total. The number of aromatic nitrogens is 2. The topological polar surface area (TPSA) is 79.3 Å². The predicted molar refractivity (Wildman–Crippen MR) is 110 cm³/mol. The van der Waals surface area contributed by atoms with E-state index in [1.807, 2.05) is 6.92 Å². The van der Waals surface area contributed by atoms with Gasteiger partial charge in [-0.05, 0) is 50.9 Å². The van der Waals surface area contributed by atoms with E-state index in [0.29, 0.717) is 30.4 Å². The summed E-state index contributed by atoms with van der Waals surface area (Å²) < 4.78 is 15.8. The van der Waals surface area contributed by atoms with E-state index >= 15 is 0 Å². The normalized spacial score (nSPS) is 17.1. The number of aryl methyl sites for hydroxylation is 1. The van der Waals surface area contributed by atoms with Crippen molar-refractivity contribution in [3.63, 3.8) is 0 Å². The molecule has 156 valence electrons. The summed E-state index contributed by atoms with van der Waals surface area (Å²) in [6.45, 7) is 6.06. The first-order valence-corrected chi connectivity index (χ1v) is 10.1. The third-order valence-corrected chi connectivity index (χ3v) is 5.13. The smallest absolute Gasteiger partial charge is 0.258 e. The van der Waals surface area contributed by atoms with Gasteiger partial charge in [-0.1, -0.05) is 13.3 Å². The maximum Gasteiger partial charge on any atom is 0.258 e. The van der Waals surface area contributed by atoms with Crippen LogP contribution in [0.25, 0.3) is 0 Å². The van der Waals surface area contributed by atoms with Crippen LogP contribution in [0.2, 0.25) is 0 Å². The zero-order valence-corrected chi connectivity index (χ0v) is 16.9. The van der Waals surface area contributed by atoms with Gasteiger partial charge < -0.3 is 10.6 Å². The van der Waals surface area contributed by atoms with Gasteiger partial charge in [-0.2, -0.15) is 5.10 Å². The zero-order chi connectivity index (χ0) is 20.8. The summed E-state index contributed by atoms with van der Waals surface area (Å²) in [5.41, 5.74) is 0.812. The minimum atomic E-state index is -0.568. The molecule has 29 heavy (non-hydrogen) atoms. The molecule has 1 aromatic carbocycles. The molecule has 1 unspecified atom stereocenters. The van der Waals surface area contributed by atoms with E-state index in [4.69, 9.17) is 0 Å². The quantitative estimate of drug-likeness (QED) is 0.744. The highest BCUT2D eigenvalue weighted by molar-refractivity contribution is 6.04. The molecule has 0 radical (unpaired) electrons. The largest absolute Gasteiger partial charge is 0.325 e. The van der Waals surface area contributed by atoms with E-state index in [2.05, 4.69) is 27.6 Å². The number of halogens is 1. The van der Waals surface area contributed by atoms with Crippen LogP contribution >= 0.6 is 0 Å². The molecule has 1 fully saturated rings. The lowest BCUT2D eigenvalue weighted by atomic mass is 10.0. The first-order chi connectivity index (χ1) is 14.0. The van der Waals surface area contributed by atoms with Crippen LogP contribution in [0.4, 0.5) is 15.8 Å². The lowest BCUT2D eigenvalue weighted by molar-refractivity contribution is -0.118. The highest BCUT2D eigenvalue weighted by atomic mass is 19.1. The van der Waals surface area contributed by atoms with Crippen LogP contribution in [0.1, 0.15) is 49.9 Å². The van der Waals surface area contributed by atoms with E-state index in [1.54, 1.807) is 10.9 Å². The average molecular weight is 401 g/mol. The summed E-state index contributed by atoms with van der Waals surface area (Å²) in [5, 5.41) is 9.46. The molecule has 0 aliphatic carbocycles. The summed E-state index contributed by atoms with van der Waals surface area (Å²) in [4.78, 5) is 26.9. The van der Waals surface area contributed by atoms with E-state index < -0.39 is 11.7 Å². The molecule has 1 atom stereocenters. The summed E-state index contributed by atoms with van der Waals surface area (Å²) in [7, 11) is 0. The Morgan fingerprint density at radius 2 is 2.10 bits per heavy atom. The van der Waals surface area contributed by atoms with Gasteiger partial charge in [0.15, 0.2) is 0 Å². The maximum atomic E-state index is 14.2. The number of rotatable bonds is 7. The van der Waals surface area contributed by atoms with Crippen LogP contribution in [0.5, 0.6) is 0 Å². The summed E-state index contributed by atoms with van der Waals surface area (Å²) in [5.74, 6) is -1.16. The number of piperidine rings is 1. The number of likely N-dealkylation sites (tertiary alicyclic amines) is 1. The standard InChI is InChI=1S/C21H28FN5O2/c1-3-9-27-13-16(12-23-27)21(29)25-19-11-17(7-8-18(19)22)24-20(28)14-26-10-5-4-6-15(26)2/h7-8,11-13,15H,3-6,9-10,14H2,1-2H3,(H,24,28)(H,25,29). The fraction of sp³-hybridized carbons (Fsp3) is 0.476. The van der Waals surface area contributed by atoms with Crippen molar-refractivity contribution in [1.29, 1.82) is 0 Å². The van der Waals surface area contributed by atoms with Gasteiger partial charge in [0.1, 0.15) is 5.82 Å². The van der Waals surface area contributed by atoms with Crippen LogP contribution in [-0.4, -0.2) is 45.6 Å². The summed E-state index contributed by atoms with van der Waals surface area (Å²) in [6.07, 6.45) is 7.36. The molecular weight excluding hydrogens is 373 g/mol. The Kier molecular flexibility index (Phi) is 6.98. The number of hydrogen-bond donors (Lipinski definition) is 2. The third-order valence-electron chi connectivity index (χ3n) is 5.13. The number of carbonyl (C=O) groups excluding carboxylic acids is 2. The van der Waals surface area contributed by atoms with E-state index in [1.165, 1.54) is 30.8 Å². The lowest BCUT2D eigenvalue weighted by Gasteiger charge is -2.32. The Hall–Kier alpha value is -2.74. The highest BCUT2D eigenvalue weighted by Crippen LogP contribution is 2.21. The molecule has 1 aliphatic heterocycles. The molecule has 2 N–H and O–H groups in total. The third kappa shape index (κ3) is 5.63. The highest BCUT2D eigenvalue weighted by Gasteiger charge is 2.20. The van der Waals surface area contributed by atoms with Crippen molar-refractivity contribution in [2.75, 3.05) is 23.7 Å². The van der Waals surface area contributed by atoms with Crippen molar-refractivity contribution in [3.8, 4) is 0 Å². The fourth-order valence-electron chi connectivity index (χ4n) is 3.50. The number of amides is 2. The van der Waals surface area contributed by atoms with Gasteiger partial charge in [-0.15, -0.1) is 0 Å². The molecule has 0 bridgehead atoms. The number of hydrogen-bond acceptors (Lipinski definition) is 4. The first-order valence-electron chi connectivity index (χ1n) is 10.1. The molecule has 0 saturated carbocycles. The minimum absolute atomic E-state index is 0.0161. The Morgan fingerprint density at radius 1 is 1.28 bits per heavy atom. The maximum absolute atomic E-state index is 14.2. The second-order valence-electron chi connectivity index (χ2n) is 7.50. The second-order valence-corrected chi connectivity index (χ2v) is 7.50. The van der Waals surface area contributed by atoms with Crippen molar-refractivity contribution in [2.24, 2.45) is 0 Å². The van der Waals surface area contributed by atoms with Crippen molar-refractivity contribution in [2.45, 2.75) is 52.1 Å². The number of nitrogens with zero attached hydrogens (tertiary/aromatic N) is 3. The SMILES string of the molecule is CCCn1cc(C(=O)Nc2cc(NC(=O)CN3CCCCC3C)ccc2F)cn1. The van der Waals surface area contributed by atoms with Crippen LogP contribution < -0.4 is 10.6 Å². The minimum Gasteiger partial charge on any atom is -0.325 e. The number of anilines is 2. The van der Waals surface area contributed by atoms with Gasteiger partial charge in [-0.25, -0.2) is 4.39 Å². The Labute approximate surface area is 170 Å². The fourth-order valence-corrected chi connectivity index (χ4v) is 3.50. The molecule has 3 rings (SSSR count). The summed E-state index contributed by atoms with van der Waals surface area (Å²) >= 11 is 0. The second kappa shape index (κ2) is 9.65. The number of nitrogens with one attached hydrogen (secondary N) is 2.